The SMILES string of the molecule is Cc1ccc(C)c(C[NH+]2C[C@H]3C[C@@H](C2)c2cccc(=O)n2C3)c1. The maximum Gasteiger partial charge on any atom is 0.250 e. The Morgan fingerprint density at radius 2 is 2.04 bits per heavy atom. The van der Waals surface area contributed by atoms with Crippen LogP contribution in [0.2, 0.25) is 0 Å². The van der Waals surface area contributed by atoms with E-state index in [9.17, 15) is 4.79 Å². The third kappa shape index (κ3) is 2.74. The molecule has 3 atom stereocenters. The fraction of sp³-hybridized carbons (Fsp3) is 0.450. The van der Waals surface area contributed by atoms with Crippen LogP contribution in [-0.4, -0.2) is 17.7 Å². The van der Waals surface area contributed by atoms with Gasteiger partial charge in [-0.05, 0) is 31.9 Å². The van der Waals surface area contributed by atoms with Crippen LogP contribution in [0.15, 0.2) is 41.2 Å². The summed E-state index contributed by atoms with van der Waals surface area (Å²) < 4.78 is 2.02. The molecule has 0 aliphatic carbocycles. The summed E-state index contributed by atoms with van der Waals surface area (Å²) >= 11 is 0. The van der Waals surface area contributed by atoms with E-state index in [0.29, 0.717) is 11.8 Å². The maximum absolute atomic E-state index is 12.1. The number of pyridine rings is 1. The van der Waals surface area contributed by atoms with Gasteiger partial charge in [0.05, 0.1) is 13.1 Å². The Labute approximate surface area is 137 Å². The Balaban J connectivity index is 1.59. The third-order valence-electron chi connectivity index (χ3n) is 5.62. The number of likely N-dealkylation sites (tertiary alicyclic amines) is 1. The number of benzene rings is 1. The number of nitrogens with zero attached hydrogens (tertiary/aromatic N) is 1. The number of rotatable bonds is 2. The molecule has 2 aliphatic heterocycles. The molecule has 1 unspecified atom stereocenters. The van der Waals surface area contributed by atoms with E-state index in [0.717, 1.165) is 19.6 Å². The molecule has 0 spiro atoms. The molecule has 3 nitrogen and oxygen atoms in total. The lowest BCUT2D eigenvalue weighted by molar-refractivity contribution is -0.924. The fourth-order valence-electron chi connectivity index (χ4n) is 4.52. The molecule has 3 heterocycles. The molecule has 2 bridgehead atoms. The van der Waals surface area contributed by atoms with Gasteiger partial charge in [0.1, 0.15) is 6.54 Å². The zero-order valence-corrected chi connectivity index (χ0v) is 14.0. The molecule has 0 amide bonds. The summed E-state index contributed by atoms with van der Waals surface area (Å²) in [5.74, 6) is 1.18. The van der Waals surface area contributed by atoms with E-state index < -0.39 is 0 Å². The Morgan fingerprint density at radius 1 is 1.17 bits per heavy atom. The van der Waals surface area contributed by atoms with Crippen LogP contribution in [0.25, 0.3) is 0 Å². The molecule has 120 valence electrons. The number of aromatic nitrogens is 1. The largest absolute Gasteiger partial charge is 0.330 e. The summed E-state index contributed by atoms with van der Waals surface area (Å²) in [5, 5.41) is 0. The topological polar surface area (TPSA) is 26.4 Å². The van der Waals surface area contributed by atoms with Gasteiger partial charge in [-0.1, -0.05) is 29.8 Å². The zero-order chi connectivity index (χ0) is 16.0. The van der Waals surface area contributed by atoms with E-state index in [4.69, 9.17) is 0 Å². The maximum atomic E-state index is 12.1. The van der Waals surface area contributed by atoms with Gasteiger partial charge in [-0.2, -0.15) is 0 Å². The first-order valence-corrected chi connectivity index (χ1v) is 8.69. The van der Waals surface area contributed by atoms with Crippen molar-refractivity contribution in [1.82, 2.24) is 4.57 Å². The number of fused-ring (bicyclic) bond motifs is 4. The highest BCUT2D eigenvalue weighted by Gasteiger charge is 2.37. The number of nitrogens with one attached hydrogen (secondary N) is 1. The van der Waals surface area contributed by atoms with E-state index in [-0.39, 0.29) is 5.56 Å². The fourth-order valence-corrected chi connectivity index (χ4v) is 4.52. The molecule has 0 radical (unpaired) electrons. The van der Waals surface area contributed by atoms with Crippen molar-refractivity contribution in [2.75, 3.05) is 13.1 Å². The van der Waals surface area contributed by atoms with Crippen molar-refractivity contribution in [3.63, 3.8) is 0 Å². The highest BCUT2D eigenvalue weighted by molar-refractivity contribution is 5.29. The third-order valence-corrected chi connectivity index (χ3v) is 5.62. The minimum Gasteiger partial charge on any atom is -0.330 e. The van der Waals surface area contributed by atoms with Crippen molar-refractivity contribution in [2.45, 2.75) is 39.3 Å². The van der Waals surface area contributed by atoms with Gasteiger partial charge in [0.2, 0.25) is 0 Å². The second-order valence-corrected chi connectivity index (χ2v) is 7.46. The smallest absolute Gasteiger partial charge is 0.250 e. The highest BCUT2D eigenvalue weighted by Crippen LogP contribution is 2.30. The standard InChI is InChI=1S/C20H24N2O/c1-14-6-7-15(2)17(8-14)12-21-10-16-9-18(13-21)19-4-3-5-20(23)22(19)11-16/h3-8,16,18H,9-13H2,1-2H3/p+1/t16-,18+/m1/s1. The van der Waals surface area contributed by atoms with Crippen molar-refractivity contribution < 1.29 is 4.90 Å². The number of piperidine rings is 1. The second-order valence-electron chi connectivity index (χ2n) is 7.46. The van der Waals surface area contributed by atoms with E-state index in [1.54, 1.807) is 11.0 Å². The van der Waals surface area contributed by atoms with E-state index in [1.165, 1.54) is 35.3 Å². The predicted octanol–water partition coefficient (Wildman–Crippen LogP) is 1.67. The molecule has 1 saturated heterocycles. The first kappa shape index (κ1) is 14.7. The average molecular weight is 309 g/mol. The van der Waals surface area contributed by atoms with Crippen LogP contribution in [0.5, 0.6) is 0 Å². The van der Waals surface area contributed by atoms with Crippen LogP contribution in [0, 0.1) is 19.8 Å². The average Bonchev–Trinajstić information content (AvgIpc) is 2.52. The van der Waals surface area contributed by atoms with Crippen LogP contribution in [0.4, 0.5) is 0 Å². The molecule has 2 aromatic rings. The Kier molecular flexibility index (Phi) is 3.61. The van der Waals surface area contributed by atoms with Gasteiger partial charge >= 0.3 is 0 Å². The molecule has 2 aliphatic rings. The summed E-state index contributed by atoms with van der Waals surface area (Å²) in [6.45, 7) is 8.73. The van der Waals surface area contributed by atoms with Crippen LogP contribution >= 0.6 is 0 Å². The second kappa shape index (κ2) is 5.64. The van der Waals surface area contributed by atoms with Crippen molar-refractivity contribution >= 4 is 0 Å². The molecule has 0 saturated carbocycles. The van der Waals surface area contributed by atoms with Crippen molar-refractivity contribution in [1.29, 1.82) is 0 Å². The lowest BCUT2D eigenvalue weighted by Crippen LogP contribution is -3.13. The Morgan fingerprint density at radius 3 is 2.91 bits per heavy atom. The first-order valence-electron chi connectivity index (χ1n) is 8.69. The van der Waals surface area contributed by atoms with Crippen molar-refractivity contribution in [3.8, 4) is 0 Å². The van der Waals surface area contributed by atoms with Crippen LogP contribution in [0.1, 0.15) is 34.7 Å². The summed E-state index contributed by atoms with van der Waals surface area (Å²) in [7, 11) is 0. The predicted molar refractivity (Wildman–Crippen MR) is 91.9 cm³/mol. The molecule has 1 aromatic heterocycles. The van der Waals surface area contributed by atoms with E-state index in [1.807, 2.05) is 10.6 Å². The summed E-state index contributed by atoms with van der Waals surface area (Å²) in [5.41, 5.74) is 5.65. The summed E-state index contributed by atoms with van der Waals surface area (Å²) in [6, 6.07) is 12.6. The number of quaternary nitrogens is 1. The normalized spacial score (nSPS) is 25.9. The first-order chi connectivity index (χ1) is 11.1. The summed E-state index contributed by atoms with van der Waals surface area (Å²) in [6.07, 6.45) is 1.25. The van der Waals surface area contributed by atoms with Crippen LogP contribution < -0.4 is 10.5 Å². The molecular formula is C20H25N2O+. The zero-order valence-electron chi connectivity index (χ0n) is 14.0. The Hall–Kier alpha value is -1.87. The molecule has 4 rings (SSSR count). The van der Waals surface area contributed by atoms with Gasteiger partial charge in [-0.3, -0.25) is 4.79 Å². The molecule has 1 N–H and O–H groups in total. The van der Waals surface area contributed by atoms with Gasteiger partial charge in [0, 0.05) is 35.7 Å². The lowest BCUT2D eigenvalue weighted by Gasteiger charge is -2.40. The molecule has 1 aromatic carbocycles. The van der Waals surface area contributed by atoms with Crippen LogP contribution in [-0.2, 0) is 13.1 Å². The minimum atomic E-state index is 0.176. The van der Waals surface area contributed by atoms with Gasteiger partial charge in [0.15, 0.2) is 0 Å². The summed E-state index contributed by atoms with van der Waals surface area (Å²) in [4.78, 5) is 13.8. The van der Waals surface area contributed by atoms with Crippen LogP contribution in [0.3, 0.4) is 0 Å². The van der Waals surface area contributed by atoms with Gasteiger partial charge in [0.25, 0.3) is 5.56 Å². The van der Waals surface area contributed by atoms with E-state index in [2.05, 4.69) is 38.1 Å². The molecule has 3 heteroatoms. The number of hydrogen-bond donors (Lipinski definition) is 1. The monoisotopic (exact) mass is 309 g/mol. The van der Waals surface area contributed by atoms with Gasteiger partial charge in [-0.25, -0.2) is 0 Å². The molecule has 23 heavy (non-hydrogen) atoms. The minimum absolute atomic E-state index is 0.176. The van der Waals surface area contributed by atoms with Crippen molar-refractivity contribution in [3.05, 3.63) is 69.1 Å². The van der Waals surface area contributed by atoms with Gasteiger partial charge in [-0.15, -0.1) is 0 Å². The molecular weight excluding hydrogens is 284 g/mol. The number of aryl methyl sites for hydroxylation is 2. The van der Waals surface area contributed by atoms with Crippen molar-refractivity contribution in [2.24, 2.45) is 5.92 Å². The quantitative estimate of drug-likeness (QED) is 0.897. The van der Waals surface area contributed by atoms with Gasteiger partial charge < -0.3 is 9.47 Å². The highest BCUT2D eigenvalue weighted by atomic mass is 16.1. The Bertz CT molecular complexity index is 792. The van der Waals surface area contributed by atoms with E-state index >= 15 is 0 Å². The number of hydrogen-bond acceptors (Lipinski definition) is 1. The molecule has 1 fully saturated rings. The lowest BCUT2D eigenvalue weighted by atomic mass is 9.83.